The van der Waals surface area contributed by atoms with Crippen molar-refractivity contribution in [3.63, 3.8) is 0 Å². The van der Waals surface area contributed by atoms with Crippen LogP contribution in [0.25, 0.3) is 10.8 Å². The zero-order chi connectivity index (χ0) is 23.6. The number of anilines is 2. The van der Waals surface area contributed by atoms with Gasteiger partial charge in [0.2, 0.25) is 0 Å². The van der Waals surface area contributed by atoms with E-state index in [1.807, 2.05) is 30.3 Å². The van der Waals surface area contributed by atoms with Gasteiger partial charge in [0.25, 0.3) is 10.1 Å². The summed E-state index contributed by atoms with van der Waals surface area (Å²) in [7, 11) is -4.78. The second-order valence-corrected chi connectivity index (χ2v) is 8.39. The predicted molar refractivity (Wildman–Crippen MR) is 134 cm³/mol. The molecule has 35 heavy (non-hydrogen) atoms. The average molecular weight is 509 g/mol. The number of nitrogens with one attached hydrogen (secondary N) is 1. The van der Waals surface area contributed by atoms with Crippen LogP contribution in [0.1, 0.15) is 10.4 Å². The number of nitrogens with zero attached hydrogens (tertiary/aromatic N) is 2. The van der Waals surface area contributed by atoms with E-state index in [2.05, 4.69) is 15.5 Å². The molecule has 0 amide bonds. The largest absolute Gasteiger partial charge is 0.505 e. The fourth-order valence-corrected chi connectivity index (χ4v) is 3.90. The van der Waals surface area contributed by atoms with Gasteiger partial charge in [0.05, 0.1) is 5.56 Å². The van der Waals surface area contributed by atoms with E-state index in [0.29, 0.717) is 11.1 Å². The fourth-order valence-electron chi connectivity index (χ4n) is 3.25. The molecule has 0 atom stereocenters. The van der Waals surface area contributed by atoms with Crippen molar-refractivity contribution in [1.29, 1.82) is 0 Å². The summed E-state index contributed by atoms with van der Waals surface area (Å²) in [6.45, 7) is 0. The molecule has 0 aliphatic carbocycles. The Balaban J connectivity index is 0.00000216. The van der Waals surface area contributed by atoms with E-state index >= 15 is 0 Å². The van der Waals surface area contributed by atoms with Gasteiger partial charge in [-0.15, -0.1) is 10.2 Å². The van der Waals surface area contributed by atoms with Gasteiger partial charge in [-0.2, -0.15) is 8.42 Å². The first-order chi connectivity index (χ1) is 15.7. The molecular formula is C23H17N3Na2O6S. The second kappa shape index (κ2) is 12.1. The summed E-state index contributed by atoms with van der Waals surface area (Å²) in [6.07, 6.45) is 0. The maximum absolute atomic E-state index is 12.0. The van der Waals surface area contributed by atoms with Crippen molar-refractivity contribution in [2.75, 3.05) is 5.32 Å². The minimum absolute atomic E-state index is 0. The molecule has 0 heterocycles. The number of aromatic hydroxyl groups is 1. The van der Waals surface area contributed by atoms with Crippen LogP contribution < -0.4 is 5.32 Å². The Bertz CT molecular complexity index is 1510. The van der Waals surface area contributed by atoms with Crippen LogP contribution in [0.2, 0.25) is 0 Å². The first-order valence-corrected chi connectivity index (χ1v) is 11.0. The van der Waals surface area contributed by atoms with Gasteiger partial charge < -0.3 is 15.5 Å². The molecule has 12 heteroatoms. The Labute approximate surface area is 245 Å². The monoisotopic (exact) mass is 509 g/mol. The third kappa shape index (κ3) is 6.69. The van der Waals surface area contributed by atoms with Gasteiger partial charge in [-0.3, -0.25) is 4.55 Å². The molecule has 4 N–H and O–H groups in total. The molecule has 2 radical (unpaired) electrons. The van der Waals surface area contributed by atoms with Crippen molar-refractivity contribution in [2.45, 2.75) is 4.90 Å². The van der Waals surface area contributed by atoms with Gasteiger partial charge in [0, 0.05) is 75.9 Å². The third-order valence-electron chi connectivity index (χ3n) is 4.79. The van der Waals surface area contributed by atoms with Crippen LogP contribution in [0.4, 0.5) is 22.7 Å². The fraction of sp³-hybridized carbons (Fsp3) is 0. The van der Waals surface area contributed by atoms with Gasteiger partial charge in [-0.05, 0) is 47.9 Å². The van der Waals surface area contributed by atoms with Crippen molar-refractivity contribution >= 4 is 109 Å². The van der Waals surface area contributed by atoms with Crippen LogP contribution in [-0.4, -0.2) is 88.3 Å². The van der Waals surface area contributed by atoms with Gasteiger partial charge in [0.1, 0.15) is 16.3 Å². The minimum Gasteiger partial charge on any atom is -0.505 e. The summed E-state index contributed by atoms with van der Waals surface area (Å²) in [5, 5.41) is 31.5. The number of benzene rings is 4. The number of phenolic OH excluding ortho intramolecular Hbond substituents is 1. The van der Waals surface area contributed by atoms with Crippen molar-refractivity contribution < 1.29 is 28.0 Å². The molecule has 4 aromatic carbocycles. The van der Waals surface area contributed by atoms with Crippen LogP contribution in [0.5, 0.6) is 5.75 Å². The number of hydrogen-bond acceptors (Lipinski definition) is 7. The molecule has 0 unspecified atom stereocenters. The van der Waals surface area contributed by atoms with E-state index in [1.54, 1.807) is 18.2 Å². The molecule has 0 aliphatic rings. The van der Waals surface area contributed by atoms with E-state index in [0.717, 1.165) is 11.8 Å². The first-order valence-electron chi connectivity index (χ1n) is 9.57. The maximum Gasteiger partial charge on any atom is 0.337 e. The molecule has 0 saturated carbocycles. The molecule has 4 rings (SSSR count). The van der Waals surface area contributed by atoms with E-state index in [9.17, 15) is 28.0 Å². The topological polar surface area (TPSA) is 149 Å². The molecule has 168 valence electrons. The zero-order valence-electron chi connectivity index (χ0n) is 18.9. The standard InChI is InChI=1S/C23H17N3O6S.2Na/c27-22-18-13-16(24-15-6-2-1-3-7-15)11-10-14(18)12-20(33(30,31)32)21(22)26-25-19-9-5-4-8-17(19)23(28)29;;/h1-13,24,27H,(H,28,29)(H,30,31,32);;. The Morgan fingerprint density at radius 3 is 2.14 bits per heavy atom. The Kier molecular flexibility index (Phi) is 10.0. The Morgan fingerprint density at radius 2 is 1.49 bits per heavy atom. The Hall–Kier alpha value is -2.28. The first kappa shape index (κ1) is 29.0. The molecule has 0 aromatic heterocycles. The van der Waals surface area contributed by atoms with Gasteiger partial charge >= 0.3 is 5.97 Å². The van der Waals surface area contributed by atoms with Crippen LogP contribution in [-0.2, 0) is 10.1 Å². The molecule has 9 nitrogen and oxygen atoms in total. The minimum atomic E-state index is -4.78. The summed E-state index contributed by atoms with van der Waals surface area (Å²) in [5.41, 5.74) is 0.690. The van der Waals surface area contributed by atoms with Crippen molar-refractivity contribution in [3.8, 4) is 5.75 Å². The molecule has 0 bridgehead atoms. The number of azo groups is 1. The molecule has 0 saturated heterocycles. The number of rotatable bonds is 6. The second-order valence-electron chi connectivity index (χ2n) is 7.00. The maximum atomic E-state index is 12.0. The molecule has 0 spiro atoms. The van der Waals surface area contributed by atoms with Crippen molar-refractivity contribution in [2.24, 2.45) is 10.2 Å². The molecule has 0 fully saturated rings. The normalized spacial score (nSPS) is 11.0. The van der Waals surface area contributed by atoms with Crippen LogP contribution in [0, 0.1) is 0 Å². The van der Waals surface area contributed by atoms with Crippen LogP contribution >= 0.6 is 0 Å². The molecular weight excluding hydrogens is 492 g/mol. The van der Waals surface area contributed by atoms with E-state index in [-0.39, 0.29) is 75.8 Å². The zero-order valence-corrected chi connectivity index (χ0v) is 23.7. The third-order valence-corrected chi connectivity index (χ3v) is 5.65. The average Bonchev–Trinajstić information content (AvgIpc) is 2.79. The molecule has 0 aliphatic heterocycles. The summed E-state index contributed by atoms with van der Waals surface area (Å²) in [6, 6.07) is 21.0. The number of hydrogen-bond donors (Lipinski definition) is 4. The summed E-state index contributed by atoms with van der Waals surface area (Å²) >= 11 is 0. The number of phenols is 1. The van der Waals surface area contributed by atoms with E-state index < -0.39 is 32.4 Å². The number of carboxylic acids is 1. The summed E-state index contributed by atoms with van der Waals surface area (Å²) in [5.74, 6) is -1.78. The summed E-state index contributed by atoms with van der Waals surface area (Å²) in [4.78, 5) is 10.7. The Morgan fingerprint density at radius 1 is 0.829 bits per heavy atom. The van der Waals surface area contributed by atoms with Gasteiger partial charge in [-0.1, -0.05) is 36.4 Å². The predicted octanol–water partition coefficient (Wildman–Crippen LogP) is 4.89. The number of carbonyl (C=O) groups is 1. The van der Waals surface area contributed by atoms with Crippen molar-refractivity contribution in [3.05, 3.63) is 84.4 Å². The van der Waals surface area contributed by atoms with Crippen LogP contribution in [0.3, 0.4) is 0 Å². The van der Waals surface area contributed by atoms with Gasteiger partial charge in [-0.25, -0.2) is 4.79 Å². The van der Waals surface area contributed by atoms with Crippen molar-refractivity contribution in [1.82, 2.24) is 0 Å². The van der Waals surface area contributed by atoms with E-state index in [1.165, 1.54) is 24.3 Å². The van der Waals surface area contributed by atoms with Gasteiger partial charge in [0.15, 0.2) is 5.75 Å². The van der Waals surface area contributed by atoms with E-state index in [4.69, 9.17) is 0 Å². The van der Waals surface area contributed by atoms with Crippen LogP contribution in [0.15, 0.2) is 94.0 Å². The number of para-hydroxylation sites is 1. The quantitative estimate of drug-likeness (QED) is 0.164. The smallest absolute Gasteiger partial charge is 0.337 e. The summed E-state index contributed by atoms with van der Waals surface area (Å²) < 4.78 is 33.7. The SMILES string of the molecule is O=C(O)c1ccccc1N=Nc1c(S(=O)(=O)O)cc2ccc(Nc3ccccc3)cc2c1O.[Na].[Na]. The molecule has 4 aromatic rings. The number of fused-ring (bicyclic) bond motifs is 1. The number of carboxylic acid groups (broad SMARTS) is 1. The number of aromatic carboxylic acids is 1.